The van der Waals surface area contributed by atoms with Crippen molar-refractivity contribution in [3.63, 3.8) is 0 Å². The van der Waals surface area contributed by atoms with Crippen molar-refractivity contribution in [2.45, 2.75) is 45.6 Å². The Morgan fingerprint density at radius 2 is 2.28 bits per heavy atom. The van der Waals surface area contributed by atoms with Crippen LogP contribution in [0.5, 0.6) is 0 Å². The smallest absolute Gasteiger partial charge is 0.0624 e. The van der Waals surface area contributed by atoms with Gasteiger partial charge in [0, 0.05) is 38.4 Å². The highest BCUT2D eigenvalue weighted by Crippen LogP contribution is 2.09. The average Bonchev–Trinajstić information content (AvgIpc) is 2.74. The van der Waals surface area contributed by atoms with E-state index in [4.69, 9.17) is 10.6 Å². The average molecular weight is 254 g/mol. The first-order valence-corrected chi connectivity index (χ1v) is 6.76. The number of ether oxygens (including phenoxy) is 1. The molecule has 1 unspecified atom stereocenters. The molecule has 0 radical (unpaired) electrons. The molecule has 0 aliphatic heterocycles. The van der Waals surface area contributed by atoms with Gasteiger partial charge in [0.15, 0.2) is 0 Å². The number of nitrogens with one attached hydrogen (secondary N) is 1. The molecular weight excluding hydrogens is 228 g/mol. The fraction of sp³-hybridized carbons (Fsp3) is 0.769. The van der Waals surface area contributed by atoms with Crippen molar-refractivity contribution in [3.05, 3.63) is 17.5 Å². The van der Waals surface area contributed by atoms with Crippen LogP contribution in [0.3, 0.4) is 0 Å². The molecule has 0 aliphatic carbocycles. The number of hydrogen-bond acceptors (Lipinski definition) is 4. The van der Waals surface area contributed by atoms with Crippen molar-refractivity contribution in [2.75, 3.05) is 13.2 Å². The lowest BCUT2D eigenvalue weighted by atomic mass is 10.1. The normalized spacial score (nSPS) is 12.9. The fourth-order valence-corrected chi connectivity index (χ4v) is 2.01. The van der Waals surface area contributed by atoms with E-state index in [9.17, 15) is 0 Å². The van der Waals surface area contributed by atoms with Crippen LogP contribution in [0.25, 0.3) is 0 Å². The van der Waals surface area contributed by atoms with Crippen LogP contribution in [-0.2, 0) is 24.6 Å². The van der Waals surface area contributed by atoms with Gasteiger partial charge in [0.2, 0.25) is 0 Å². The van der Waals surface area contributed by atoms with Crippen molar-refractivity contribution >= 4 is 0 Å². The number of hydrogen-bond donors (Lipinski definition) is 2. The van der Waals surface area contributed by atoms with Gasteiger partial charge in [-0.3, -0.25) is 16.0 Å². The summed E-state index contributed by atoms with van der Waals surface area (Å²) >= 11 is 0. The highest BCUT2D eigenvalue weighted by molar-refractivity contribution is 5.11. The molecule has 1 atom stereocenters. The third kappa shape index (κ3) is 4.76. The third-order valence-corrected chi connectivity index (χ3v) is 3.13. The zero-order chi connectivity index (χ0) is 13.4. The molecule has 5 nitrogen and oxygen atoms in total. The predicted octanol–water partition coefficient (Wildman–Crippen LogP) is 1.17. The zero-order valence-corrected chi connectivity index (χ0v) is 11.8. The van der Waals surface area contributed by atoms with Crippen LogP contribution < -0.4 is 11.3 Å². The molecule has 0 aromatic carbocycles. The topological polar surface area (TPSA) is 65.1 Å². The number of aromatic nitrogens is 2. The second kappa shape index (κ2) is 8.24. The van der Waals surface area contributed by atoms with Gasteiger partial charge in [-0.2, -0.15) is 5.10 Å². The van der Waals surface area contributed by atoms with Gasteiger partial charge in [-0.15, -0.1) is 0 Å². The minimum absolute atomic E-state index is 0.283. The van der Waals surface area contributed by atoms with Crippen LogP contribution in [0, 0.1) is 0 Å². The van der Waals surface area contributed by atoms with Crippen LogP contribution in [-0.4, -0.2) is 29.0 Å². The van der Waals surface area contributed by atoms with E-state index in [0.29, 0.717) is 0 Å². The molecular formula is C13H26N4O. The van der Waals surface area contributed by atoms with Crippen LogP contribution in [0.2, 0.25) is 0 Å². The van der Waals surface area contributed by atoms with E-state index in [1.165, 1.54) is 5.69 Å². The first-order valence-electron chi connectivity index (χ1n) is 6.76. The summed E-state index contributed by atoms with van der Waals surface area (Å²) in [7, 11) is 1.99. The monoisotopic (exact) mass is 254 g/mol. The molecule has 0 amide bonds. The molecule has 3 N–H and O–H groups in total. The highest BCUT2D eigenvalue weighted by atomic mass is 16.5. The van der Waals surface area contributed by atoms with E-state index in [2.05, 4.69) is 23.5 Å². The van der Waals surface area contributed by atoms with Gasteiger partial charge in [-0.05, 0) is 32.3 Å². The zero-order valence-electron chi connectivity index (χ0n) is 11.8. The quantitative estimate of drug-likeness (QED) is 0.394. The molecule has 0 saturated carbocycles. The molecule has 104 valence electrons. The van der Waals surface area contributed by atoms with Gasteiger partial charge in [-0.1, -0.05) is 6.92 Å². The Kier molecular flexibility index (Phi) is 6.93. The number of nitrogens with two attached hydrogens (primary N) is 1. The summed E-state index contributed by atoms with van der Waals surface area (Å²) in [6.45, 7) is 5.72. The summed E-state index contributed by atoms with van der Waals surface area (Å²) in [5.41, 5.74) is 5.25. The molecule has 1 aromatic rings. The lowest BCUT2D eigenvalue weighted by Gasteiger charge is -2.15. The molecule has 0 fully saturated rings. The Morgan fingerprint density at radius 1 is 1.50 bits per heavy atom. The molecule has 0 spiro atoms. The van der Waals surface area contributed by atoms with Crippen molar-refractivity contribution in [1.29, 1.82) is 0 Å². The second-order valence-electron chi connectivity index (χ2n) is 4.51. The number of aryl methyl sites for hydroxylation is 2. The van der Waals surface area contributed by atoms with Crippen LogP contribution >= 0.6 is 0 Å². The maximum absolute atomic E-state index is 5.60. The van der Waals surface area contributed by atoms with Gasteiger partial charge in [0.05, 0.1) is 5.69 Å². The van der Waals surface area contributed by atoms with Crippen molar-refractivity contribution in [1.82, 2.24) is 15.2 Å². The van der Waals surface area contributed by atoms with E-state index < -0.39 is 0 Å². The van der Waals surface area contributed by atoms with Crippen LogP contribution in [0.1, 0.15) is 38.1 Å². The Balaban J connectivity index is 2.43. The Hall–Kier alpha value is -0.910. The molecule has 1 aromatic heterocycles. The van der Waals surface area contributed by atoms with Crippen molar-refractivity contribution in [2.24, 2.45) is 12.9 Å². The molecule has 0 bridgehead atoms. The fourth-order valence-electron chi connectivity index (χ4n) is 2.01. The molecule has 1 rings (SSSR count). The Morgan fingerprint density at radius 3 is 2.83 bits per heavy atom. The summed E-state index contributed by atoms with van der Waals surface area (Å²) in [6, 6.07) is 2.44. The highest BCUT2D eigenvalue weighted by Gasteiger charge is 2.11. The lowest BCUT2D eigenvalue weighted by molar-refractivity contribution is 0.140. The molecule has 0 aliphatic rings. The SMILES string of the molecule is CCOCCCC(Cc1cc(CC)nn1C)NN. The van der Waals surface area contributed by atoms with Gasteiger partial charge < -0.3 is 4.74 Å². The number of nitrogens with zero attached hydrogens (tertiary/aromatic N) is 2. The maximum Gasteiger partial charge on any atom is 0.0624 e. The lowest BCUT2D eigenvalue weighted by Crippen LogP contribution is -2.37. The minimum Gasteiger partial charge on any atom is -0.382 e. The maximum atomic E-state index is 5.60. The van der Waals surface area contributed by atoms with E-state index in [-0.39, 0.29) is 6.04 Å². The first-order chi connectivity index (χ1) is 8.71. The summed E-state index contributed by atoms with van der Waals surface area (Å²) < 4.78 is 7.29. The molecule has 18 heavy (non-hydrogen) atoms. The third-order valence-electron chi connectivity index (χ3n) is 3.13. The van der Waals surface area contributed by atoms with Gasteiger partial charge in [0.1, 0.15) is 0 Å². The number of rotatable bonds is 9. The first kappa shape index (κ1) is 15.1. The largest absolute Gasteiger partial charge is 0.382 e. The van der Waals surface area contributed by atoms with E-state index in [0.717, 1.165) is 44.6 Å². The van der Waals surface area contributed by atoms with E-state index in [1.807, 2.05) is 18.7 Å². The molecule has 1 heterocycles. The van der Waals surface area contributed by atoms with Gasteiger partial charge >= 0.3 is 0 Å². The summed E-state index contributed by atoms with van der Waals surface area (Å²) in [4.78, 5) is 0. The van der Waals surface area contributed by atoms with Gasteiger partial charge in [-0.25, -0.2) is 0 Å². The van der Waals surface area contributed by atoms with Crippen molar-refractivity contribution in [3.8, 4) is 0 Å². The Bertz CT molecular complexity index is 338. The molecule has 0 saturated heterocycles. The minimum atomic E-state index is 0.283. The Labute approximate surface area is 110 Å². The second-order valence-corrected chi connectivity index (χ2v) is 4.51. The van der Waals surface area contributed by atoms with E-state index in [1.54, 1.807) is 0 Å². The molecule has 5 heteroatoms. The standard InChI is InChI=1S/C13H26N4O/c1-4-11-9-13(17(3)16-11)10-12(15-14)7-6-8-18-5-2/h9,12,15H,4-8,10,14H2,1-3H3. The van der Waals surface area contributed by atoms with Gasteiger partial charge in [0.25, 0.3) is 0 Å². The van der Waals surface area contributed by atoms with E-state index >= 15 is 0 Å². The number of hydrazine groups is 1. The summed E-state index contributed by atoms with van der Waals surface area (Å²) in [5.74, 6) is 5.60. The summed E-state index contributed by atoms with van der Waals surface area (Å²) in [5, 5.41) is 4.45. The predicted molar refractivity (Wildman–Crippen MR) is 73.1 cm³/mol. The summed E-state index contributed by atoms with van der Waals surface area (Å²) in [6.07, 6.45) is 3.93. The van der Waals surface area contributed by atoms with Crippen LogP contribution in [0.15, 0.2) is 6.07 Å². The van der Waals surface area contributed by atoms with Crippen LogP contribution in [0.4, 0.5) is 0 Å². The van der Waals surface area contributed by atoms with Crippen molar-refractivity contribution < 1.29 is 4.74 Å².